The molecule has 4 nitrogen and oxygen atoms in total. The molecule has 2 aromatic rings. The lowest BCUT2D eigenvalue weighted by molar-refractivity contribution is -0.114. The quantitative estimate of drug-likeness (QED) is 0.677. The first-order valence-corrected chi connectivity index (χ1v) is 8.64. The molecule has 5 heteroatoms. The lowest BCUT2D eigenvalue weighted by atomic mass is 10.1. The van der Waals surface area contributed by atoms with Gasteiger partial charge in [0.25, 0.3) is 0 Å². The first kappa shape index (κ1) is 18.1. The van der Waals surface area contributed by atoms with Gasteiger partial charge in [0.1, 0.15) is 5.82 Å². The predicted molar refractivity (Wildman–Crippen MR) is 98.8 cm³/mol. The zero-order chi connectivity index (χ0) is 18.4. The largest absolute Gasteiger partial charge is 0.454 e. The third kappa shape index (κ3) is 5.17. The highest BCUT2D eigenvalue weighted by Crippen LogP contribution is 2.32. The number of allylic oxidation sites excluding steroid dienone is 1. The Labute approximate surface area is 152 Å². The van der Waals surface area contributed by atoms with Gasteiger partial charge in [-0.3, -0.25) is 4.79 Å². The van der Waals surface area contributed by atoms with E-state index in [1.807, 2.05) is 25.2 Å². The van der Waals surface area contributed by atoms with Crippen LogP contribution >= 0.6 is 0 Å². The summed E-state index contributed by atoms with van der Waals surface area (Å²) in [6, 6.07) is 12.2. The molecule has 136 valence electrons. The van der Waals surface area contributed by atoms with Crippen molar-refractivity contribution < 1.29 is 18.7 Å². The SMILES string of the molecule is CN(CCC(=O)/C=C/c1cccc(F)c1)CCc1ccc2c(c1)OCO2. The second kappa shape index (κ2) is 8.63. The van der Waals surface area contributed by atoms with Crippen molar-refractivity contribution in [3.8, 4) is 11.5 Å². The fourth-order valence-electron chi connectivity index (χ4n) is 2.71. The third-order valence-corrected chi connectivity index (χ3v) is 4.27. The van der Waals surface area contributed by atoms with Crippen LogP contribution in [-0.2, 0) is 11.2 Å². The summed E-state index contributed by atoms with van der Waals surface area (Å²) in [5.41, 5.74) is 1.87. The molecule has 1 heterocycles. The van der Waals surface area contributed by atoms with Gasteiger partial charge in [0.15, 0.2) is 17.3 Å². The van der Waals surface area contributed by atoms with Gasteiger partial charge in [-0.05, 0) is 54.9 Å². The first-order valence-electron chi connectivity index (χ1n) is 8.64. The molecule has 0 radical (unpaired) electrons. The van der Waals surface area contributed by atoms with Crippen molar-refractivity contribution >= 4 is 11.9 Å². The van der Waals surface area contributed by atoms with E-state index in [2.05, 4.69) is 4.90 Å². The smallest absolute Gasteiger partial charge is 0.231 e. The minimum Gasteiger partial charge on any atom is -0.454 e. The van der Waals surface area contributed by atoms with Crippen molar-refractivity contribution in [1.29, 1.82) is 0 Å². The number of hydrogen-bond donors (Lipinski definition) is 0. The number of carbonyl (C=O) groups excluding carboxylic acids is 1. The second-order valence-corrected chi connectivity index (χ2v) is 6.35. The number of rotatable bonds is 8. The van der Waals surface area contributed by atoms with Gasteiger partial charge in [-0.15, -0.1) is 0 Å². The summed E-state index contributed by atoms with van der Waals surface area (Å²) < 4.78 is 23.8. The van der Waals surface area contributed by atoms with Crippen LogP contribution < -0.4 is 9.47 Å². The average molecular weight is 355 g/mol. The maximum Gasteiger partial charge on any atom is 0.231 e. The van der Waals surface area contributed by atoms with Crippen LogP contribution in [0.2, 0.25) is 0 Å². The molecule has 0 spiro atoms. The summed E-state index contributed by atoms with van der Waals surface area (Å²) in [6.45, 7) is 1.81. The zero-order valence-corrected chi connectivity index (χ0v) is 14.8. The first-order chi connectivity index (χ1) is 12.6. The molecule has 2 aromatic carbocycles. The second-order valence-electron chi connectivity index (χ2n) is 6.35. The molecular formula is C21H22FNO3. The van der Waals surface area contributed by atoms with Crippen molar-refractivity contribution in [3.05, 3.63) is 65.5 Å². The van der Waals surface area contributed by atoms with Crippen molar-refractivity contribution in [1.82, 2.24) is 4.90 Å². The van der Waals surface area contributed by atoms with Gasteiger partial charge in [-0.1, -0.05) is 24.3 Å². The molecule has 3 rings (SSSR count). The van der Waals surface area contributed by atoms with Crippen LogP contribution in [0.1, 0.15) is 17.5 Å². The summed E-state index contributed by atoms with van der Waals surface area (Å²) in [5, 5.41) is 0. The molecule has 0 amide bonds. The Morgan fingerprint density at radius 1 is 1.15 bits per heavy atom. The molecule has 1 aliphatic heterocycles. The van der Waals surface area contributed by atoms with E-state index in [1.165, 1.54) is 23.8 Å². The minimum absolute atomic E-state index is 0.0317. The normalized spacial score (nSPS) is 12.9. The maximum absolute atomic E-state index is 13.1. The molecule has 0 aromatic heterocycles. The van der Waals surface area contributed by atoms with Crippen LogP contribution in [0.25, 0.3) is 6.08 Å². The topological polar surface area (TPSA) is 38.8 Å². The van der Waals surface area contributed by atoms with Crippen LogP contribution in [0.4, 0.5) is 4.39 Å². The average Bonchev–Trinajstić information content (AvgIpc) is 3.11. The Kier molecular flexibility index (Phi) is 6.02. The molecule has 0 N–H and O–H groups in total. The van der Waals surface area contributed by atoms with E-state index in [4.69, 9.17) is 9.47 Å². The van der Waals surface area contributed by atoms with Crippen LogP contribution in [0.3, 0.4) is 0 Å². The molecule has 26 heavy (non-hydrogen) atoms. The van der Waals surface area contributed by atoms with E-state index >= 15 is 0 Å². The zero-order valence-electron chi connectivity index (χ0n) is 14.8. The fourth-order valence-corrected chi connectivity index (χ4v) is 2.71. The summed E-state index contributed by atoms with van der Waals surface area (Å²) in [6.07, 6.45) is 4.47. The number of hydrogen-bond acceptors (Lipinski definition) is 4. The van der Waals surface area contributed by atoms with Crippen LogP contribution in [0, 0.1) is 5.82 Å². The standard InChI is InChI=1S/C21H22FNO3/c1-23(11-9-17-6-8-20-21(14-17)26-15-25-20)12-10-19(24)7-5-16-3-2-4-18(22)13-16/h2-8,13-14H,9-12,15H2,1H3/b7-5+. The maximum atomic E-state index is 13.1. The van der Waals surface area contributed by atoms with E-state index < -0.39 is 0 Å². The van der Waals surface area contributed by atoms with E-state index in [0.717, 1.165) is 24.5 Å². The predicted octanol–water partition coefficient (Wildman–Crippen LogP) is 3.70. The van der Waals surface area contributed by atoms with Crippen molar-refractivity contribution in [2.45, 2.75) is 12.8 Å². The van der Waals surface area contributed by atoms with Crippen LogP contribution in [0.15, 0.2) is 48.5 Å². The van der Waals surface area contributed by atoms with Crippen LogP contribution in [-0.4, -0.2) is 37.6 Å². The van der Waals surface area contributed by atoms with Crippen molar-refractivity contribution in [3.63, 3.8) is 0 Å². The Morgan fingerprint density at radius 3 is 2.85 bits per heavy atom. The van der Waals surface area contributed by atoms with E-state index in [1.54, 1.807) is 18.2 Å². The summed E-state index contributed by atoms with van der Waals surface area (Å²) in [5.74, 6) is 1.31. The number of fused-ring (bicyclic) bond motifs is 1. The summed E-state index contributed by atoms with van der Waals surface area (Å²) in [7, 11) is 2.00. The molecule has 0 saturated carbocycles. The molecule has 0 unspecified atom stereocenters. The van der Waals surface area contributed by atoms with E-state index in [9.17, 15) is 9.18 Å². The lowest BCUT2D eigenvalue weighted by Gasteiger charge is -2.15. The number of benzene rings is 2. The van der Waals surface area contributed by atoms with E-state index in [0.29, 0.717) is 18.5 Å². The molecule has 0 atom stereocenters. The van der Waals surface area contributed by atoms with Gasteiger partial charge < -0.3 is 14.4 Å². The molecule has 0 bridgehead atoms. The van der Waals surface area contributed by atoms with Crippen molar-refractivity contribution in [2.24, 2.45) is 0 Å². The Morgan fingerprint density at radius 2 is 2.00 bits per heavy atom. The third-order valence-electron chi connectivity index (χ3n) is 4.27. The van der Waals surface area contributed by atoms with Crippen molar-refractivity contribution in [2.75, 3.05) is 26.9 Å². The van der Waals surface area contributed by atoms with Gasteiger partial charge in [0.05, 0.1) is 0 Å². The van der Waals surface area contributed by atoms with Gasteiger partial charge in [0.2, 0.25) is 6.79 Å². The molecular weight excluding hydrogens is 333 g/mol. The monoisotopic (exact) mass is 355 g/mol. The molecule has 1 aliphatic rings. The van der Waals surface area contributed by atoms with Gasteiger partial charge in [-0.25, -0.2) is 4.39 Å². The summed E-state index contributed by atoms with van der Waals surface area (Å²) >= 11 is 0. The highest BCUT2D eigenvalue weighted by Gasteiger charge is 2.13. The lowest BCUT2D eigenvalue weighted by Crippen LogP contribution is -2.24. The number of carbonyl (C=O) groups is 1. The van der Waals surface area contributed by atoms with Gasteiger partial charge >= 0.3 is 0 Å². The number of halogens is 1. The van der Waals surface area contributed by atoms with Crippen LogP contribution in [0.5, 0.6) is 11.5 Å². The summed E-state index contributed by atoms with van der Waals surface area (Å²) in [4.78, 5) is 14.1. The Bertz CT molecular complexity index is 804. The van der Waals surface area contributed by atoms with E-state index in [-0.39, 0.29) is 18.4 Å². The van der Waals surface area contributed by atoms with Gasteiger partial charge in [0, 0.05) is 19.5 Å². The number of likely N-dealkylation sites (N-methyl/N-ethyl adjacent to an activating group) is 1. The number of nitrogens with zero attached hydrogens (tertiary/aromatic N) is 1. The number of ketones is 1. The number of ether oxygens (including phenoxy) is 2. The highest BCUT2D eigenvalue weighted by atomic mass is 19.1. The minimum atomic E-state index is -0.303. The molecule has 0 fully saturated rings. The Hall–Kier alpha value is -2.66. The Balaban J connectivity index is 1.40. The fraction of sp³-hybridized carbons (Fsp3) is 0.286. The van der Waals surface area contributed by atoms with Gasteiger partial charge in [-0.2, -0.15) is 0 Å². The molecule has 0 aliphatic carbocycles. The highest BCUT2D eigenvalue weighted by molar-refractivity contribution is 5.93. The molecule has 0 saturated heterocycles.